The van der Waals surface area contributed by atoms with Gasteiger partial charge in [-0.05, 0) is 56.8 Å². The molecule has 1 fully saturated rings. The molecule has 8 N–H and O–H groups in total. The molecule has 1 heterocycles. The molecule has 1 saturated heterocycles. The highest BCUT2D eigenvalue weighted by Crippen LogP contribution is 2.30. The summed E-state index contributed by atoms with van der Waals surface area (Å²) in [6, 6.07) is 14.1. The van der Waals surface area contributed by atoms with Crippen LogP contribution in [0.25, 0.3) is 0 Å². The highest BCUT2D eigenvalue weighted by Gasteiger charge is 2.33. The highest BCUT2D eigenvalue weighted by molar-refractivity contribution is 6.01. The number of unbranched alkanes of at least 4 members (excludes halogenated alkanes) is 2. The summed E-state index contributed by atoms with van der Waals surface area (Å²) in [5, 5.41) is 13.6. The largest absolute Gasteiger partial charge is 0.479 e. The number of carbonyl (C=O) groups is 7. The van der Waals surface area contributed by atoms with Gasteiger partial charge >= 0.3 is 6.09 Å². The van der Waals surface area contributed by atoms with Crippen LogP contribution in [0.15, 0.2) is 60.7 Å². The van der Waals surface area contributed by atoms with E-state index in [1.165, 1.54) is 0 Å². The van der Waals surface area contributed by atoms with Crippen molar-refractivity contribution in [1.29, 1.82) is 0 Å². The number of Topliss-reactive ketones (excluding diaryl/α,β-unsaturated/α-hetero) is 1. The first-order chi connectivity index (χ1) is 31.2. The first kappa shape index (κ1) is 51.2. The maximum atomic E-state index is 15.3. The zero-order valence-corrected chi connectivity index (χ0v) is 35.8. The fraction of sp³-hybridized carbons (Fsp3) is 0.432. The number of nitrogens with two attached hydrogens (primary N) is 1. The summed E-state index contributed by atoms with van der Waals surface area (Å²) in [6.45, 7) is -1.37. The average molecular weight is 915 g/mol. The monoisotopic (exact) mass is 914 g/mol. The van der Waals surface area contributed by atoms with E-state index in [0.29, 0.717) is 35.5 Å². The molecule has 0 aliphatic carbocycles. The van der Waals surface area contributed by atoms with Crippen LogP contribution in [0.3, 0.4) is 0 Å². The third-order valence-corrected chi connectivity index (χ3v) is 10.2. The number of alkyl carbamates (subject to hydrolysis) is 1. The molecule has 4 rings (SSSR count). The Hall–Kier alpha value is -6.45. The number of halogens is 4. The number of likely N-dealkylation sites (N-methyl/N-ethyl adjacent to an activating group) is 1. The van der Waals surface area contributed by atoms with E-state index in [1.807, 2.05) is 5.32 Å². The summed E-state index contributed by atoms with van der Waals surface area (Å²) in [5.74, 6) is -14.9. The lowest BCUT2D eigenvalue weighted by atomic mass is 10.0. The van der Waals surface area contributed by atoms with Crippen molar-refractivity contribution in [1.82, 2.24) is 37.0 Å². The molecule has 21 heteroatoms. The van der Waals surface area contributed by atoms with Gasteiger partial charge < -0.3 is 41.8 Å². The molecular formula is C44H54F4N8O9. The number of amides is 6. The summed E-state index contributed by atoms with van der Waals surface area (Å²) in [6.07, 6.45) is 1.33. The van der Waals surface area contributed by atoms with Gasteiger partial charge in [-0.1, -0.05) is 67.1 Å². The van der Waals surface area contributed by atoms with Crippen molar-refractivity contribution in [3.63, 3.8) is 0 Å². The molecule has 3 atom stereocenters. The number of nitrogens with zero attached hydrogens (tertiary/aromatic N) is 1. The van der Waals surface area contributed by atoms with Crippen molar-refractivity contribution < 1.29 is 60.6 Å². The highest BCUT2D eigenvalue weighted by atomic mass is 19.2. The first-order valence-corrected chi connectivity index (χ1v) is 21.1. The van der Waals surface area contributed by atoms with E-state index in [-0.39, 0.29) is 57.7 Å². The lowest BCUT2D eigenvalue weighted by molar-refractivity contribution is -0.142. The molecule has 0 spiro atoms. The predicted octanol–water partition coefficient (Wildman–Crippen LogP) is 2.60. The normalized spacial score (nSPS) is 13.7. The van der Waals surface area contributed by atoms with Gasteiger partial charge in [-0.2, -0.15) is 8.78 Å². The zero-order chi connectivity index (χ0) is 47.3. The number of hydrogen-bond donors (Lipinski definition) is 7. The molecule has 1 aliphatic rings. The fourth-order valence-electron chi connectivity index (χ4n) is 6.63. The van der Waals surface area contributed by atoms with E-state index >= 15 is 17.6 Å². The smallest absolute Gasteiger partial charge is 0.408 e. The quantitative estimate of drug-likeness (QED) is 0.0253. The first-order valence-electron chi connectivity index (χ1n) is 21.1. The van der Waals surface area contributed by atoms with Crippen molar-refractivity contribution in [3.05, 3.63) is 101 Å². The van der Waals surface area contributed by atoms with Crippen LogP contribution in [0, 0.1) is 23.3 Å². The predicted molar refractivity (Wildman–Crippen MR) is 226 cm³/mol. The molecular weight excluding hydrogens is 861 g/mol. The minimum atomic E-state index is -2.14. The molecule has 3 aromatic rings. The van der Waals surface area contributed by atoms with E-state index in [0.717, 1.165) is 12.8 Å². The second-order valence-electron chi connectivity index (χ2n) is 14.9. The third kappa shape index (κ3) is 15.6. The minimum Gasteiger partial charge on any atom is -0.479 e. The zero-order valence-electron chi connectivity index (χ0n) is 35.8. The molecule has 3 aromatic carbocycles. The Kier molecular flexibility index (Phi) is 20.8. The average Bonchev–Trinajstić information content (AvgIpc) is 3.62. The van der Waals surface area contributed by atoms with Crippen LogP contribution in [-0.4, -0.2) is 104 Å². The molecule has 0 unspecified atom stereocenters. The van der Waals surface area contributed by atoms with E-state index in [9.17, 15) is 33.6 Å². The summed E-state index contributed by atoms with van der Waals surface area (Å²) < 4.78 is 71.2. The second kappa shape index (κ2) is 26.4. The maximum Gasteiger partial charge on any atom is 0.408 e. The number of imide groups is 1. The Morgan fingerprint density at radius 1 is 0.692 bits per heavy atom. The maximum absolute atomic E-state index is 15.3. The lowest BCUT2D eigenvalue weighted by Crippen LogP contribution is -2.53. The second-order valence-corrected chi connectivity index (χ2v) is 14.9. The number of ketones is 1. The number of hydrazine groups is 1. The summed E-state index contributed by atoms with van der Waals surface area (Å²) in [5.41, 5.74) is 7.64. The van der Waals surface area contributed by atoms with Gasteiger partial charge in [0.2, 0.25) is 35.3 Å². The number of nitrogens with one attached hydrogen (secondary N) is 6. The molecule has 0 radical (unpaired) electrons. The van der Waals surface area contributed by atoms with Crippen molar-refractivity contribution in [3.8, 4) is 5.75 Å². The van der Waals surface area contributed by atoms with E-state index in [1.54, 1.807) is 67.7 Å². The van der Waals surface area contributed by atoms with E-state index < -0.39 is 101 Å². The molecule has 0 saturated carbocycles. The molecule has 352 valence electrons. The topological polar surface area (TPSA) is 239 Å². The molecule has 6 amide bonds. The Labute approximate surface area is 372 Å². The van der Waals surface area contributed by atoms with Crippen LogP contribution in [0.2, 0.25) is 0 Å². The Morgan fingerprint density at radius 3 is 1.91 bits per heavy atom. The Balaban J connectivity index is 1.47. The number of benzene rings is 3. The molecule has 17 nitrogen and oxygen atoms in total. The van der Waals surface area contributed by atoms with Gasteiger partial charge in [-0.25, -0.2) is 24.0 Å². The van der Waals surface area contributed by atoms with Gasteiger partial charge in [0.1, 0.15) is 24.8 Å². The van der Waals surface area contributed by atoms with Crippen LogP contribution in [0.5, 0.6) is 5.75 Å². The Bertz CT molecular complexity index is 2080. The van der Waals surface area contributed by atoms with Gasteiger partial charge in [0.15, 0.2) is 23.2 Å². The summed E-state index contributed by atoms with van der Waals surface area (Å²) in [7, 11) is 1.65. The van der Waals surface area contributed by atoms with Gasteiger partial charge in [0.25, 0.3) is 5.91 Å². The van der Waals surface area contributed by atoms with Crippen LogP contribution in [0.1, 0.15) is 72.9 Å². The van der Waals surface area contributed by atoms with E-state index in [2.05, 4.69) is 26.7 Å². The minimum absolute atomic E-state index is 0.0292. The van der Waals surface area contributed by atoms with Crippen LogP contribution >= 0.6 is 0 Å². The van der Waals surface area contributed by atoms with Gasteiger partial charge in [-0.3, -0.25) is 28.8 Å². The van der Waals surface area contributed by atoms with Crippen LogP contribution in [0.4, 0.5) is 22.4 Å². The van der Waals surface area contributed by atoms with Crippen molar-refractivity contribution in [2.24, 2.45) is 5.73 Å². The fourth-order valence-corrected chi connectivity index (χ4v) is 6.63. The van der Waals surface area contributed by atoms with Crippen LogP contribution in [-0.2, 0) is 41.7 Å². The molecule has 65 heavy (non-hydrogen) atoms. The van der Waals surface area contributed by atoms with Gasteiger partial charge in [0, 0.05) is 38.9 Å². The summed E-state index contributed by atoms with van der Waals surface area (Å²) in [4.78, 5) is 89.3. The molecule has 0 aromatic heterocycles. The van der Waals surface area contributed by atoms with Crippen molar-refractivity contribution >= 4 is 41.4 Å². The van der Waals surface area contributed by atoms with Crippen molar-refractivity contribution in [2.75, 3.05) is 39.8 Å². The molecule has 1 aliphatic heterocycles. The SMILES string of the molecule is CN[C@@H](CCCCN)C(=O)NCCCC[C@H](NC(=O)[C@H](Cc1ccccc1)NC(=O)OCc1ccccc1)C(=O)COc1c(F)c(F)c(C(=O)NCCNN2C(=O)CCC2=O)c(F)c1F. The molecule has 0 bridgehead atoms. The van der Waals surface area contributed by atoms with Crippen molar-refractivity contribution in [2.45, 2.75) is 82.5 Å². The number of carbonyl (C=O) groups excluding carboxylic acids is 7. The van der Waals surface area contributed by atoms with Gasteiger partial charge in [0.05, 0.1) is 12.1 Å². The number of hydrogen-bond acceptors (Lipinski definition) is 12. The van der Waals surface area contributed by atoms with Crippen LogP contribution < -0.4 is 42.5 Å². The third-order valence-electron chi connectivity index (χ3n) is 10.2. The number of rotatable bonds is 27. The Morgan fingerprint density at radius 2 is 1.29 bits per heavy atom. The number of ether oxygens (including phenoxy) is 2. The van der Waals surface area contributed by atoms with Gasteiger partial charge in [-0.15, -0.1) is 0 Å². The lowest BCUT2D eigenvalue weighted by Gasteiger charge is -2.23. The standard InChI is InChI=1S/C44H54F4N8O9/c1-50-30(17-8-10-20-49)41(60)51-21-11-9-16-29(54-42(61)31(24-27-12-4-2-5-13-27)55-44(63)65-25-28-14-6-3-7-15-28)32(57)26-64-40-38(47)36(45)35(37(46)39(40)48)43(62)52-22-23-53-56-33(58)18-19-34(56)59/h2-7,12-15,29-31,50,53H,8-11,16-26,49H2,1H3,(H,51,60)(H,52,62)(H,54,61)(H,55,63)/t29-,30-,31-/m0/s1. The summed E-state index contributed by atoms with van der Waals surface area (Å²) >= 11 is 0. The van der Waals surface area contributed by atoms with E-state index in [4.69, 9.17) is 15.2 Å².